The second-order valence-corrected chi connectivity index (χ2v) is 5.78. The lowest BCUT2D eigenvalue weighted by molar-refractivity contribution is 0.398. The van der Waals surface area contributed by atoms with Crippen LogP contribution in [-0.2, 0) is 0 Å². The van der Waals surface area contributed by atoms with Crippen molar-refractivity contribution in [2.24, 2.45) is 0 Å². The lowest BCUT2D eigenvalue weighted by Gasteiger charge is -2.15. The summed E-state index contributed by atoms with van der Waals surface area (Å²) in [6, 6.07) is 6.37. The van der Waals surface area contributed by atoms with Crippen molar-refractivity contribution in [1.29, 1.82) is 0 Å². The van der Waals surface area contributed by atoms with Gasteiger partial charge in [0, 0.05) is 21.9 Å². The number of methoxy groups -OCH3 is 1. The van der Waals surface area contributed by atoms with Crippen LogP contribution in [0.4, 0.5) is 5.69 Å². The van der Waals surface area contributed by atoms with Gasteiger partial charge in [-0.05, 0) is 38.5 Å². The fourth-order valence-corrected chi connectivity index (χ4v) is 3.02. The molecule has 0 saturated carbocycles. The topological polar surface area (TPSA) is 34.1 Å². The number of aryl methyl sites for hydroxylation is 2. The molecule has 0 radical (unpaired) electrons. The Morgan fingerprint density at radius 1 is 1.33 bits per heavy atom. The van der Waals surface area contributed by atoms with E-state index in [0.29, 0.717) is 5.88 Å². The normalized spacial score (nSPS) is 12.2. The summed E-state index contributed by atoms with van der Waals surface area (Å²) in [6.45, 7) is 6.47. The molecule has 0 bridgehead atoms. The number of rotatable bonds is 4. The highest BCUT2D eigenvalue weighted by atomic mass is 32.1. The number of ether oxygens (including phenoxy) is 1. The van der Waals surface area contributed by atoms with E-state index in [1.54, 1.807) is 13.3 Å². The van der Waals surface area contributed by atoms with Gasteiger partial charge in [-0.2, -0.15) is 0 Å². The van der Waals surface area contributed by atoms with Crippen LogP contribution in [0.2, 0.25) is 0 Å². The van der Waals surface area contributed by atoms with Gasteiger partial charge in [0.05, 0.1) is 19.0 Å². The molecule has 0 fully saturated rings. The minimum atomic E-state index is 0.283. The Hall–Kier alpha value is -1.55. The molecule has 0 aromatic carbocycles. The summed E-state index contributed by atoms with van der Waals surface area (Å²) in [7, 11) is 1.62. The van der Waals surface area contributed by atoms with Gasteiger partial charge >= 0.3 is 0 Å². The maximum Gasteiger partial charge on any atom is 0.213 e. The molecule has 0 saturated heterocycles. The van der Waals surface area contributed by atoms with Gasteiger partial charge in [-0.25, -0.2) is 4.98 Å². The molecule has 1 atom stereocenters. The fraction of sp³-hybridized carbons (Fsp3) is 0.357. The van der Waals surface area contributed by atoms with Crippen molar-refractivity contribution >= 4 is 17.0 Å². The number of nitrogens with zero attached hydrogens (tertiary/aromatic N) is 1. The summed E-state index contributed by atoms with van der Waals surface area (Å²) >= 11 is 1.84. The summed E-state index contributed by atoms with van der Waals surface area (Å²) in [4.78, 5) is 6.91. The van der Waals surface area contributed by atoms with E-state index in [9.17, 15) is 0 Å². The monoisotopic (exact) mass is 262 g/mol. The van der Waals surface area contributed by atoms with Crippen LogP contribution in [0, 0.1) is 13.8 Å². The number of aromatic nitrogens is 1. The number of hydrogen-bond acceptors (Lipinski definition) is 4. The summed E-state index contributed by atoms with van der Waals surface area (Å²) in [5, 5.41) is 3.45. The predicted octanol–water partition coefficient (Wildman–Crippen LogP) is 3.94. The lowest BCUT2D eigenvalue weighted by atomic mass is 10.1. The van der Waals surface area contributed by atoms with Crippen LogP contribution < -0.4 is 10.1 Å². The largest absolute Gasteiger partial charge is 0.481 e. The highest BCUT2D eigenvalue weighted by Gasteiger charge is 2.11. The molecule has 1 N–H and O–H groups in total. The van der Waals surface area contributed by atoms with E-state index in [4.69, 9.17) is 4.74 Å². The molecule has 2 aromatic rings. The molecular weight excluding hydrogens is 244 g/mol. The second kappa shape index (κ2) is 5.40. The van der Waals surface area contributed by atoms with Crippen molar-refractivity contribution in [3.8, 4) is 5.88 Å². The summed E-state index contributed by atoms with van der Waals surface area (Å²) < 4.78 is 5.04. The summed E-state index contributed by atoms with van der Waals surface area (Å²) in [6.07, 6.45) is 1.80. The molecular formula is C14H18N2OS. The van der Waals surface area contributed by atoms with Gasteiger partial charge in [-0.1, -0.05) is 0 Å². The molecule has 4 heteroatoms. The van der Waals surface area contributed by atoms with Crippen LogP contribution in [0.3, 0.4) is 0 Å². The van der Waals surface area contributed by atoms with E-state index in [1.165, 1.54) is 15.3 Å². The van der Waals surface area contributed by atoms with E-state index in [0.717, 1.165) is 5.69 Å². The molecule has 3 nitrogen and oxygen atoms in total. The van der Waals surface area contributed by atoms with Crippen LogP contribution in [0.5, 0.6) is 5.88 Å². The van der Waals surface area contributed by atoms with E-state index in [1.807, 2.05) is 23.5 Å². The molecule has 0 spiro atoms. The highest BCUT2D eigenvalue weighted by molar-refractivity contribution is 7.12. The van der Waals surface area contributed by atoms with Gasteiger partial charge in [-0.15, -0.1) is 11.3 Å². The first kappa shape index (κ1) is 12.9. The first-order valence-corrected chi connectivity index (χ1v) is 6.75. The minimum absolute atomic E-state index is 0.283. The van der Waals surface area contributed by atoms with Crippen molar-refractivity contribution in [2.75, 3.05) is 12.4 Å². The van der Waals surface area contributed by atoms with Crippen LogP contribution in [-0.4, -0.2) is 12.1 Å². The smallest absolute Gasteiger partial charge is 0.213 e. The zero-order valence-electron chi connectivity index (χ0n) is 11.2. The van der Waals surface area contributed by atoms with Gasteiger partial charge < -0.3 is 10.1 Å². The number of nitrogens with one attached hydrogen (secondary N) is 1. The maximum atomic E-state index is 5.04. The Labute approximate surface area is 112 Å². The number of anilines is 1. The van der Waals surface area contributed by atoms with Crippen molar-refractivity contribution in [2.45, 2.75) is 26.8 Å². The van der Waals surface area contributed by atoms with Gasteiger partial charge in [0.25, 0.3) is 0 Å². The fourth-order valence-electron chi connectivity index (χ4n) is 1.99. The maximum absolute atomic E-state index is 5.04. The van der Waals surface area contributed by atoms with Gasteiger partial charge in [0.15, 0.2) is 0 Å². The van der Waals surface area contributed by atoms with Crippen molar-refractivity contribution in [3.05, 3.63) is 39.7 Å². The Bertz CT molecular complexity index is 519. The van der Waals surface area contributed by atoms with Gasteiger partial charge in [0.1, 0.15) is 0 Å². The quantitative estimate of drug-likeness (QED) is 0.906. The third-order valence-electron chi connectivity index (χ3n) is 2.87. The summed E-state index contributed by atoms with van der Waals surface area (Å²) in [5.41, 5.74) is 2.36. The van der Waals surface area contributed by atoms with Crippen LogP contribution >= 0.6 is 11.3 Å². The van der Waals surface area contributed by atoms with E-state index < -0.39 is 0 Å². The zero-order valence-corrected chi connectivity index (χ0v) is 12.0. The average molecular weight is 262 g/mol. The van der Waals surface area contributed by atoms with Crippen LogP contribution in [0.15, 0.2) is 24.4 Å². The van der Waals surface area contributed by atoms with Crippen LogP contribution in [0.1, 0.15) is 28.3 Å². The third kappa shape index (κ3) is 2.82. The third-order valence-corrected chi connectivity index (χ3v) is 3.86. The predicted molar refractivity (Wildman–Crippen MR) is 76.6 cm³/mol. The Morgan fingerprint density at radius 2 is 2.11 bits per heavy atom. The van der Waals surface area contributed by atoms with Gasteiger partial charge in [0.2, 0.25) is 5.88 Å². The van der Waals surface area contributed by atoms with Gasteiger partial charge in [-0.3, -0.25) is 0 Å². The lowest BCUT2D eigenvalue weighted by Crippen LogP contribution is -2.06. The van der Waals surface area contributed by atoms with Crippen LogP contribution in [0.25, 0.3) is 0 Å². The second-order valence-electron chi connectivity index (χ2n) is 4.32. The first-order chi connectivity index (χ1) is 8.60. The molecule has 18 heavy (non-hydrogen) atoms. The van der Waals surface area contributed by atoms with Crippen molar-refractivity contribution in [3.63, 3.8) is 0 Å². The molecule has 0 aliphatic heterocycles. The molecule has 0 aliphatic rings. The van der Waals surface area contributed by atoms with E-state index >= 15 is 0 Å². The zero-order chi connectivity index (χ0) is 13.1. The molecule has 2 rings (SSSR count). The van der Waals surface area contributed by atoms with E-state index in [-0.39, 0.29) is 6.04 Å². The Balaban J connectivity index is 2.10. The Kier molecular flexibility index (Phi) is 3.87. The number of pyridine rings is 1. The molecule has 2 aromatic heterocycles. The molecule has 96 valence electrons. The molecule has 0 aliphatic carbocycles. The summed E-state index contributed by atoms with van der Waals surface area (Å²) in [5.74, 6) is 0.635. The molecule has 2 heterocycles. The minimum Gasteiger partial charge on any atom is -0.481 e. The van der Waals surface area contributed by atoms with Crippen molar-refractivity contribution in [1.82, 2.24) is 4.98 Å². The molecule has 1 unspecified atom stereocenters. The average Bonchev–Trinajstić information content (AvgIpc) is 2.69. The SMILES string of the molecule is COc1ccc(NC(C)c2cc(C)sc2C)cn1. The highest BCUT2D eigenvalue weighted by Crippen LogP contribution is 2.28. The molecule has 0 amide bonds. The number of hydrogen-bond donors (Lipinski definition) is 1. The van der Waals surface area contributed by atoms with Crippen molar-refractivity contribution < 1.29 is 4.74 Å². The first-order valence-electron chi connectivity index (χ1n) is 5.93. The standard InChI is InChI=1S/C14H18N2OS/c1-9-7-13(11(3)18-9)10(2)16-12-5-6-14(17-4)15-8-12/h5-8,10,16H,1-4H3. The van der Waals surface area contributed by atoms with E-state index in [2.05, 4.69) is 37.1 Å². The Morgan fingerprint density at radius 3 is 2.61 bits per heavy atom. The number of thiophene rings is 1.